The van der Waals surface area contributed by atoms with E-state index in [1.165, 1.54) is 0 Å². The van der Waals surface area contributed by atoms with Gasteiger partial charge in [0.05, 0.1) is 47.1 Å². The van der Waals surface area contributed by atoms with Gasteiger partial charge in [-0.05, 0) is 29.6 Å². The highest BCUT2D eigenvalue weighted by atomic mass is 32.1. The average Bonchev–Trinajstić information content (AvgIpc) is 3.41. The normalized spacial score (nSPS) is 10.5. The molecule has 28 heavy (non-hydrogen) atoms. The number of thiophene rings is 1. The lowest BCUT2D eigenvalue weighted by Gasteiger charge is -2.22. The van der Waals surface area contributed by atoms with E-state index in [0.717, 1.165) is 16.2 Å². The second kappa shape index (κ2) is 9.32. The van der Waals surface area contributed by atoms with Crippen molar-refractivity contribution in [2.24, 2.45) is 0 Å². The summed E-state index contributed by atoms with van der Waals surface area (Å²) in [6.07, 6.45) is 1.79. The number of carbonyl (C=O) groups excluding carboxylic acids is 1. The molecule has 0 radical (unpaired) electrons. The summed E-state index contributed by atoms with van der Waals surface area (Å²) in [6, 6.07) is 11.3. The molecule has 0 aliphatic carbocycles. The number of benzene rings is 1. The molecule has 0 aliphatic heterocycles. The lowest BCUT2D eigenvalue weighted by Crippen LogP contribution is -2.31. The highest BCUT2D eigenvalue weighted by Gasteiger charge is 2.22. The average molecular weight is 401 g/mol. The van der Waals surface area contributed by atoms with Crippen LogP contribution < -0.4 is 14.2 Å². The highest BCUT2D eigenvalue weighted by molar-refractivity contribution is 7.09. The Balaban J connectivity index is 1.84. The Bertz CT molecular complexity index is 854. The van der Waals surface area contributed by atoms with E-state index in [2.05, 4.69) is 0 Å². The number of hydrogen-bond acceptors (Lipinski definition) is 6. The fourth-order valence-corrected chi connectivity index (χ4v) is 3.71. The Morgan fingerprint density at radius 2 is 1.82 bits per heavy atom. The van der Waals surface area contributed by atoms with Gasteiger partial charge in [-0.3, -0.25) is 4.79 Å². The molecule has 0 N–H and O–H groups in total. The van der Waals surface area contributed by atoms with Crippen molar-refractivity contribution in [2.75, 3.05) is 21.3 Å². The molecular weight excluding hydrogens is 378 g/mol. The zero-order chi connectivity index (χ0) is 19.9. The second-order valence-electron chi connectivity index (χ2n) is 6.08. The third kappa shape index (κ3) is 4.48. The van der Waals surface area contributed by atoms with E-state index in [1.807, 2.05) is 35.7 Å². The molecule has 0 saturated carbocycles. The molecule has 0 fully saturated rings. The van der Waals surface area contributed by atoms with Crippen LogP contribution in [0.5, 0.6) is 17.2 Å². The maximum Gasteiger partial charge on any atom is 0.227 e. The minimum absolute atomic E-state index is 0.0321. The van der Waals surface area contributed by atoms with Gasteiger partial charge in [0.25, 0.3) is 0 Å². The Morgan fingerprint density at radius 1 is 1.00 bits per heavy atom. The first-order valence-corrected chi connectivity index (χ1v) is 9.64. The van der Waals surface area contributed by atoms with Gasteiger partial charge >= 0.3 is 0 Å². The van der Waals surface area contributed by atoms with Crippen LogP contribution in [0.3, 0.4) is 0 Å². The van der Waals surface area contributed by atoms with Crippen LogP contribution in [-0.4, -0.2) is 32.1 Å². The van der Waals surface area contributed by atoms with Gasteiger partial charge in [0.2, 0.25) is 11.7 Å². The van der Waals surface area contributed by atoms with E-state index < -0.39 is 0 Å². The van der Waals surface area contributed by atoms with Crippen molar-refractivity contribution in [3.05, 3.63) is 64.2 Å². The van der Waals surface area contributed by atoms with E-state index in [0.29, 0.717) is 30.3 Å². The van der Waals surface area contributed by atoms with Gasteiger partial charge in [-0.1, -0.05) is 12.1 Å². The molecule has 0 saturated heterocycles. The van der Waals surface area contributed by atoms with Crippen molar-refractivity contribution in [2.45, 2.75) is 19.5 Å². The van der Waals surface area contributed by atoms with Gasteiger partial charge < -0.3 is 23.5 Å². The highest BCUT2D eigenvalue weighted by Crippen LogP contribution is 2.40. The van der Waals surface area contributed by atoms with E-state index in [-0.39, 0.29) is 12.3 Å². The largest absolute Gasteiger partial charge is 0.493 e. The molecule has 2 heterocycles. The molecule has 0 unspecified atom stereocenters. The van der Waals surface area contributed by atoms with Gasteiger partial charge in [0.1, 0.15) is 5.76 Å². The fourth-order valence-electron chi connectivity index (χ4n) is 2.99. The standard InChI is InChI=1S/C21H23NO5S/c1-24-18-9-8-15(20(25-2)21(18)26-3)12-19(23)22(13-16-6-4-10-27-16)14-17-7-5-11-28-17/h4-11H,12-14H2,1-3H3. The number of amides is 1. The molecule has 3 rings (SSSR count). The van der Waals surface area contributed by atoms with E-state index in [1.54, 1.807) is 49.9 Å². The molecule has 0 bridgehead atoms. The number of rotatable bonds is 9. The molecule has 1 aromatic carbocycles. The number of ether oxygens (including phenoxy) is 3. The summed E-state index contributed by atoms with van der Waals surface area (Å²) in [5, 5.41) is 2.00. The minimum Gasteiger partial charge on any atom is -0.493 e. The summed E-state index contributed by atoms with van der Waals surface area (Å²) < 4.78 is 21.7. The second-order valence-corrected chi connectivity index (χ2v) is 7.11. The van der Waals surface area contributed by atoms with Crippen LogP contribution in [0.2, 0.25) is 0 Å². The van der Waals surface area contributed by atoms with E-state index in [9.17, 15) is 4.79 Å². The van der Waals surface area contributed by atoms with E-state index >= 15 is 0 Å². The van der Waals surface area contributed by atoms with Crippen LogP contribution in [0, 0.1) is 0 Å². The molecular formula is C21H23NO5S. The predicted molar refractivity (Wildman–Crippen MR) is 107 cm³/mol. The van der Waals surface area contributed by atoms with Crippen molar-refractivity contribution in [3.63, 3.8) is 0 Å². The summed E-state index contributed by atoms with van der Waals surface area (Å²) in [5.41, 5.74) is 0.737. The first-order valence-electron chi connectivity index (χ1n) is 8.76. The van der Waals surface area contributed by atoms with Crippen molar-refractivity contribution >= 4 is 17.2 Å². The number of furan rings is 1. The molecule has 6 nitrogen and oxygen atoms in total. The Morgan fingerprint density at radius 3 is 2.43 bits per heavy atom. The summed E-state index contributed by atoms with van der Waals surface area (Å²) in [7, 11) is 4.66. The maximum absolute atomic E-state index is 13.1. The lowest BCUT2D eigenvalue weighted by atomic mass is 10.1. The molecule has 148 valence electrons. The zero-order valence-corrected chi connectivity index (χ0v) is 17.0. The zero-order valence-electron chi connectivity index (χ0n) is 16.1. The Labute approximate surface area is 168 Å². The smallest absolute Gasteiger partial charge is 0.227 e. The molecule has 0 aliphatic rings. The van der Waals surface area contributed by atoms with Crippen LogP contribution in [0.25, 0.3) is 0 Å². The van der Waals surface area contributed by atoms with Crippen molar-refractivity contribution in [1.82, 2.24) is 4.90 Å². The Kier molecular flexibility index (Phi) is 6.60. The van der Waals surface area contributed by atoms with Crippen molar-refractivity contribution in [1.29, 1.82) is 0 Å². The lowest BCUT2D eigenvalue weighted by molar-refractivity contribution is -0.132. The first-order chi connectivity index (χ1) is 13.7. The molecule has 0 atom stereocenters. The predicted octanol–water partition coefficient (Wildman–Crippen LogP) is 4.14. The number of nitrogens with zero attached hydrogens (tertiary/aromatic N) is 1. The van der Waals surface area contributed by atoms with E-state index in [4.69, 9.17) is 18.6 Å². The maximum atomic E-state index is 13.1. The molecule has 2 aromatic heterocycles. The van der Waals surface area contributed by atoms with Gasteiger partial charge in [-0.15, -0.1) is 11.3 Å². The Hall–Kier alpha value is -2.93. The van der Waals surface area contributed by atoms with Gasteiger partial charge in [-0.2, -0.15) is 0 Å². The third-order valence-corrected chi connectivity index (χ3v) is 5.19. The SMILES string of the molecule is COc1ccc(CC(=O)N(Cc2ccco2)Cc2cccs2)c(OC)c1OC. The van der Waals surface area contributed by atoms with Crippen LogP contribution >= 0.6 is 11.3 Å². The third-order valence-electron chi connectivity index (χ3n) is 4.33. The van der Waals surface area contributed by atoms with Crippen molar-refractivity contribution < 1.29 is 23.4 Å². The van der Waals surface area contributed by atoms with Crippen LogP contribution in [-0.2, 0) is 24.3 Å². The number of methoxy groups -OCH3 is 3. The van der Waals surface area contributed by atoms with Gasteiger partial charge in [0.15, 0.2) is 11.5 Å². The van der Waals surface area contributed by atoms with Gasteiger partial charge in [-0.25, -0.2) is 0 Å². The van der Waals surface area contributed by atoms with Crippen LogP contribution in [0.15, 0.2) is 52.5 Å². The summed E-state index contributed by atoms with van der Waals surface area (Å²) >= 11 is 1.62. The summed E-state index contributed by atoms with van der Waals surface area (Å²) in [4.78, 5) is 16.0. The number of hydrogen-bond donors (Lipinski definition) is 0. The minimum atomic E-state index is -0.0321. The molecule has 7 heteroatoms. The van der Waals surface area contributed by atoms with Crippen molar-refractivity contribution in [3.8, 4) is 17.2 Å². The molecule has 3 aromatic rings. The summed E-state index contributed by atoms with van der Waals surface area (Å²) in [5.74, 6) is 2.25. The quantitative estimate of drug-likeness (QED) is 0.539. The fraction of sp³-hybridized carbons (Fsp3) is 0.286. The molecule has 0 spiro atoms. The monoisotopic (exact) mass is 401 g/mol. The number of carbonyl (C=O) groups is 1. The van der Waals surface area contributed by atoms with Gasteiger partial charge in [0, 0.05) is 10.4 Å². The van der Waals surface area contributed by atoms with Crippen LogP contribution in [0.1, 0.15) is 16.2 Å². The van der Waals surface area contributed by atoms with Crippen LogP contribution in [0.4, 0.5) is 0 Å². The first kappa shape index (κ1) is 19.8. The summed E-state index contributed by atoms with van der Waals surface area (Å²) in [6.45, 7) is 0.923. The topological polar surface area (TPSA) is 61.1 Å². The molecule has 1 amide bonds.